The summed E-state index contributed by atoms with van der Waals surface area (Å²) in [5.41, 5.74) is 1.15. The summed E-state index contributed by atoms with van der Waals surface area (Å²) >= 11 is 0. The Morgan fingerprint density at radius 2 is 2.11 bits per heavy atom. The van der Waals surface area contributed by atoms with Gasteiger partial charge in [-0.15, -0.1) is 0 Å². The number of carboxylic acid groups (broad SMARTS) is 1. The third kappa shape index (κ3) is 2.03. The summed E-state index contributed by atoms with van der Waals surface area (Å²) in [6, 6.07) is 8.48. The van der Waals surface area contributed by atoms with Gasteiger partial charge in [0.05, 0.1) is 11.3 Å². The van der Waals surface area contributed by atoms with E-state index in [0.29, 0.717) is 5.69 Å². The predicted octanol–water partition coefficient (Wildman–Crippen LogP) is 1.62. The summed E-state index contributed by atoms with van der Waals surface area (Å²) in [5, 5.41) is 27.1. The van der Waals surface area contributed by atoms with Gasteiger partial charge in [0.2, 0.25) is 0 Å². The highest BCUT2D eigenvalue weighted by molar-refractivity contribution is 5.92. The molecule has 1 N–H and O–H groups in total. The molecule has 0 amide bonds. The molecule has 6 heteroatoms. The Bertz CT molecular complexity index is 747. The maximum atomic E-state index is 11.2. The van der Waals surface area contributed by atoms with Crippen LogP contribution in [0.15, 0.2) is 24.5 Å². The quantitative estimate of drug-likeness (QED) is 0.874. The molecule has 0 saturated carbocycles. The monoisotopic (exact) mass is 252 g/mol. The van der Waals surface area contributed by atoms with Crippen LogP contribution in [-0.2, 0) is 0 Å². The van der Waals surface area contributed by atoms with Gasteiger partial charge in [0, 0.05) is 0 Å². The first-order valence-corrected chi connectivity index (χ1v) is 5.30. The van der Waals surface area contributed by atoms with Gasteiger partial charge < -0.3 is 5.11 Å². The van der Waals surface area contributed by atoms with Crippen LogP contribution >= 0.6 is 0 Å². The average molecular weight is 252 g/mol. The molecular weight excluding hydrogens is 244 g/mol. The molecule has 0 unspecified atom stereocenters. The van der Waals surface area contributed by atoms with E-state index in [4.69, 9.17) is 10.5 Å². The van der Waals surface area contributed by atoms with E-state index < -0.39 is 5.97 Å². The number of nitrogens with zero attached hydrogens (tertiary/aromatic N) is 4. The number of rotatable bonds is 2. The van der Waals surface area contributed by atoms with Gasteiger partial charge in [-0.25, -0.2) is 9.78 Å². The second kappa shape index (κ2) is 4.63. The first-order valence-electron chi connectivity index (χ1n) is 5.30. The average Bonchev–Trinajstić information content (AvgIpc) is 2.81. The normalized spacial score (nSPS) is 9.63. The van der Waals surface area contributed by atoms with Crippen molar-refractivity contribution in [3.8, 4) is 17.8 Å². The topological polar surface area (TPSA) is 103 Å². The van der Waals surface area contributed by atoms with Crippen molar-refractivity contribution in [1.82, 2.24) is 9.55 Å². The van der Waals surface area contributed by atoms with Crippen molar-refractivity contribution in [1.29, 1.82) is 10.5 Å². The first kappa shape index (κ1) is 12.3. The summed E-state index contributed by atoms with van der Waals surface area (Å²) in [5.74, 6) is -1.10. The molecule has 2 aromatic rings. The number of benzene rings is 1. The Hall–Kier alpha value is -3.12. The summed E-state index contributed by atoms with van der Waals surface area (Å²) in [4.78, 5) is 15.0. The van der Waals surface area contributed by atoms with Gasteiger partial charge in [-0.3, -0.25) is 4.57 Å². The zero-order valence-electron chi connectivity index (χ0n) is 9.95. The summed E-state index contributed by atoms with van der Waals surface area (Å²) in [6.45, 7) is 1.77. The van der Waals surface area contributed by atoms with Crippen LogP contribution in [0.3, 0.4) is 0 Å². The van der Waals surface area contributed by atoms with Gasteiger partial charge in [0.15, 0.2) is 11.4 Å². The Labute approximate surface area is 108 Å². The van der Waals surface area contributed by atoms with Crippen molar-refractivity contribution >= 4 is 5.97 Å². The number of hydrogen-bond donors (Lipinski definition) is 1. The van der Waals surface area contributed by atoms with Gasteiger partial charge in [-0.05, 0) is 19.1 Å². The van der Waals surface area contributed by atoms with Crippen molar-refractivity contribution in [3.63, 3.8) is 0 Å². The van der Waals surface area contributed by atoms with Crippen LogP contribution in [0.1, 0.15) is 27.3 Å². The Morgan fingerprint density at radius 3 is 2.68 bits per heavy atom. The van der Waals surface area contributed by atoms with E-state index in [1.165, 1.54) is 17.0 Å². The molecule has 0 radical (unpaired) electrons. The first-order chi connectivity index (χ1) is 9.08. The van der Waals surface area contributed by atoms with Crippen molar-refractivity contribution in [2.45, 2.75) is 6.92 Å². The van der Waals surface area contributed by atoms with Crippen LogP contribution < -0.4 is 0 Å². The van der Waals surface area contributed by atoms with E-state index in [-0.39, 0.29) is 17.0 Å². The molecule has 92 valence electrons. The van der Waals surface area contributed by atoms with Crippen LogP contribution in [0.25, 0.3) is 5.69 Å². The lowest BCUT2D eigenvalue weighted by molar-refractivity contribution is 0.0697. The van der Waals surface area contributed by atoms with Gasteiger partial charge in [0.1, 0.15) is 18.5 Å². The summed E-state index contributed by atoms with van der Waals surface area (Å²) in [6.07, 6.45) is 1.27. The lowest BCUT2D eigenvalue weighted by Crippen LogP contribution is -2.06. The number of hydrogen-bond acceptors (Lipinski definition) is 4. The highest BCUT2D eigenvalue weighted by Crippen LogP contribution is 2.20. The number of aromatic carboxylic acids is 1. The molecule has 1 aromatic heterocycles. The van der Waals surface area contributed by atoms with E-state index >= 15 is 0 Å². The number of nitriles is 2. The Balaban J connectivity index is 2.74. The molecule has 0 aliphatic rings. The molecule has 1 aromatic carbocycles. The molecule has 19 heavy (non-hydrogen) atoms. The van der Waals surface area contributed by atoms with Gasteiger partial charge in [-0.1, -0.05) is 11.6 Å². The Kier molecular flexibility index (Phi) is 3.01. The molecule has 0 bridgehead atoms. The molecule has 0 fully saturated rings. The minimum absolute atomic E-state index is 0.0221. The minimum Gasteiger partial charge on any atom is -0.478 e. The standard InChI is InChI=1S/C13H8N4O2/c1-8-2-3-11(9(4-8)13(18)19)17-7-16-10(5-14)12(17)6-15/h2-4,7H,1H3,(H,18,19). The molecule has 1 heterocycles. The van der Waals surface area contributed by atoms with E-state index in [2.05, 4.69) is 4.98 Å². The fourth-order valence-corrected chi connectivity index (χ4v) is 1.75. The van der Waals surface area contributed by atoms with Crippen LogP contribution in [0.4, 0.5) is 0 Å². The van der Waals surface area contributed by atoms with E-state index in [1.54, 1.807) is 25.1 Å². The van der Waals surface area contributed by atoms with Crippen LogP contribution in [0.2, 0.25) is 0 Å². The number of carbonyl (C=O) groups is 1. The van der Waals surface area contributed by atoms with Crippen molar-refractivity contribution in [3.05, 3.63) is 47.0 Å². The van der Waals surface area contributed by atoms with Crippen LogP contribution in [0, 0.1) is 29.6 Å². The van der Waals surface area contributed by atoms with Crippen molar-refractivity contribution in [2.24, 2.45) is 0 Å². The maximum Gasteiger partial charge on any atom is 0.337 e. The highest BCUT2D eigenvalue weighted by atomic mass is 16.4. The van der Waals surface area contributed by atoms with E-state index in [1.807, 2.05) is 6.07 Å². The molecule has 0 aliphatic heterocycles. The maximum absolute atomic E-state index is 11.2. The SMILES string of the molecule is Cc1ccc(-n2cnc(C#N)c2C#N)c(C(=O)O)c1. The number of imidazole rings is 1. The second-order valence-corrected chi connectivity index (χ2v) is 3.86. The number of aromatic nitrogens is 2. The van der Waals surface area contributed by atoms with Crippen LogP contribution in [-0.4, -0.2) is 20.6 Å². The van der Waals surface area contributed by atoms with Gasteiger partial charge in [-0.2, -0.15) is 10.5 Å². The van der Waals surface area contributed by atoms with E-state index in [0.717, 1.165) is 5.56 Å². The van der Waals surface area contributed by atoms with E-state index in [9.17, 15) is 9.90 Å². The smallest absolute Gasteiger partial charge is 0.337 e. The van der Waals surface area contributed by atoms with Crippen molar-refractivity contribution < 1.29 is 9.90 Å². The lowest BCUT2D eigenvalue weighted by Gasteiger charge is -2.08. The minimum atomic E-state index is -1.10. The zero-order chi connectivity index (χ0) is 14.0. The molecular formula is C13H8N4O2. The third-order valence-electron chi connectivity index (χ3n) is 2.62. The lowest BCUT2D eigenvalue weighted by atomic mass is 10.1. The molecule has 0 spiro atoms. The molecule has 0 saturated heterocycles. The second-order valence-electron chi connectivity index (χ2n) is 3.86. The fraction of sp³-hybridized carbons (Fsp3) is 0.0769. The number of aryl methyl sites for hydroxylation is 1. The van der Waals surface area contributed by atoms with Gasteiger partial charge in [0.25, 0.3) is 0 Å². The Morgan fingerprint density at radius 1 is 1.37 bits per heavy atom. The largest absolute Gasteiger partial charge is 0.478 e. The van der Waals surface area contributed by atoms with Crippen molar-refractivity contribution in [2.75, 3.05) is 0 Å². The molecule has 0 aliphatic carbocycles. The summed E-state index contributed by atoms with van der Waals surface area (Å²) < 4.78 is 1.31. The fourth-order valence-electron chi connectivity index (χ4n) is 1.75. The third-order valence-corrected chi connectivity index (χ3v) is 2.62. The van der Waals surface area contributed by atoms with Gasteiger partial charge >= 0.3 is 5.97 Å². The molecule has 6 nitrogen and oxygen atoms in total. The number of carboxylic acids is 1. The summed E-state index contributed by atoms with van der Waals surface area (Å²) in [7, 11) is 0. The molecule has 0 atom stereocenters. The predicted molar refractivity (Wildman–Crippen MR) is 64.7 cm³/mol. The zero-order valence-corrected chi connectivity index (χ0v) is 9.95. The highest BCUT2D eigenvalue weighted by Gasteiger charge is 2.17. The van der Waals surface area contributed by atoms with Crippen LogP contribution in [0.5, 0.6) is 0 Å². The molecule has 2 rings (SSSR count).